The van der Waals surface area contributed by atoms with E-state index >= 15 is 0 Å². The van der Waals surface area contributed by atoms with Gasteiger partial charge in [-0.05, 0) is 58.4 Å². The summed E-state index contributed by atoms with van der Waals surface area (Å²) in [5.41, 5.74) is 1.52. The van der Waals surface area contributed by atoms with Crippen LogP contribution in [-0.2, 0) is 11.3 Å². The molecule has 1 fully saturated rings. The van der Waals surface area contributed by atoms with Gasteiger partial charge in [0.25, 0.3) is 0 Å². The number of benzene rings is 1. The molecule has 0 N–H and O–H groups in total. The molecule has 1 aliphatic heterocycles. The average molecular weight is 403 g/mol. The molecule has 2 heterocycles. The molecule has 0 spiro atoms. The van der Waals surface area contributed by atoms with Crippen molar-refractivity contribution < 1.29 is 18.3 Å². The standard InChI is InChI=1S/C22H30FN3O3/c1-5-26(6-2)22(27)17-8-7-11-25(13-17)14-19-15(3)29-21(24-19)16-9-10-18(23)20(12-16)28-4/h9-10,12,17H,5-8,11,13-14H2,1-4H3/t17-/m0/s1. The minimum atomic E-state index is -0.419. The van der Waals surface area contributed by atoms with Gasteiger partial charge in [0.1, 0.15) is 5.76 Å². The molecule has 0 bridgehead atoms. The molecule has 1 saturated heterocycles. The maximum absolute atomic E-state index is 13.7. The maximum Gasteiger partial charge on any atom is 0.226 e. The van der Waals surface area contributed by atoms with Crippen LogP contribution in [0.4, 0.5) is 4.39 Å². The van der Waals surface area contributed by atoms with E-state index in [1.807, 2.05) is 25.7 Å². The number of likely N-dealkylation sites (tertiary alicyclic amines) is 1. The summed E-state index contributed by atoms with van der Waals surface area (Å²) in [5.74, 6) is 1.21. The summed E-state index contributed by atoms with van der Waals surface area (Å²) in [4.78, 5) is 21.5. The maximum atomic E-state index is 13.7. The second-order valence-corrected chi connectivity index (χ2v) is 7.46. The number of rotatable bonds is 7. The molecule has 1 aliphatic rings. The van der Waals surface area contributed by atoms with E-state index in [1.165, 1.54) is 13.2 Å². The third-order valence-electron chi connectivity index (χ3n) is 5.59. The number of oxazole rings is 1. The Morgan fingerprint density at radius 1 is 1.38 bits per heavy atom. The van der Waals surface area contributed by atoms with Gasteiger partial charge >= 0.3 is 0 Å². The Bertz CT molecular complexity index is 848. The van der Waals surface area contributed by atoms with Crippen LogP contribution >= 0.6 is 0 Å². The first-order valence-electron chi connectivity index (χ1n) is 10.3. The van der Waals surface area contributed by atoms with Gasteiger partial charge in [-0.2, -0.15) is 0 Å². The van der Waals surface area contributed by atoms with Gasteiger partial charge < -0.3 is 14.1 Å². The van der Waals surface area contributed by atoms with E-state index in [1.54, 1.807) is 12.1 Å². The molecular weight excluding hydrogens is 373 g/mol. The zero-order chi connectivity index (χ0) is 21.0. The summed E-state index contributed by atoms with van der Waals surface area (Å²) >= 11 is 0. The van der Waals surface area contributed by atoms with Crippen LogP contribution in [0.1, 0.15) is 38.1 Å². The quantitative estimate of drug-likeness (QED) is 0.702. The number of ether oxygens (including phenoxy) is 1. The molecule has 2 aromatic rings. The Morgan fingerprint density at radius 2 is 2.14 bits per heavy atom. The lowest BCUT2D eigenvalue weighted by atomic mass is 9.96. The van der Waals surface area contributed by atoms with Crippen molar-refractivity contribution in [3.8, 4) is 17.2 Å². The predicted molar refractivity (Wildman–Crippen MR) is 109 cm³/mol. The topological polar surface area (TPSA) is 58.8 Å². The van der Waals surface area contributed by atoms with Crippen LogP contribution in [-0.4, -0.2) is 54.0 Å². The Labute approximate surface area is 171 Å². The van der Waals surface area contributed by atoms with Crippen LogP contribution in [0.15, 0.2) is 22.6 Å². The van der Waals surface area contributed by atoms with E-state index in [0.29, 0.717) is 18.0 Å². The van der Waals surface area contributed by atoms with Gasteiger partial charge in [0, 0.05) is 31.7 Å². The lowest BCUT2D eigenvalue weighted by Gasteiger charge is -2.34. The zero-order valence-corrected chi connectivity index (χ0v) is 17.7. The SMILES string of the molecule is CCN(CC)C(=O)[C@H]1CCCN(Cc2nc(-c3ccc(F)c(OC)c3)oc2C)C1. The number of nitrogens with zero attached hydrogens (tertiary/aromatic N) is 3. The molecule has 1 atom stereocenters. The summed E-state index contributed by atoms with van der Waals surface area (Å²) in [5, 5.41) is 0. The number of carbonyl (C=O) groups excluding carboxylic acids is 1. The van der Waals surface area contributed by atoms with Gasteiger partial charge in [-0.25, -0.2) is 9.37 Å². The minimum Gasteiger partial charge on any atom is -0.494 e. The van der Waals surface area contributed by atoms with Crippen molar-refractivity contribution in [1.82, 2.24) is 14.8 Å². The fraction of sp³-hybridized carbons (Fsp3) is 0.545. The van der Waals surface area contributed by atoms with Crippen molar-refractivity contribution in [1.29, 1.82) is 0 Å². The number of amides is 1. The molecule has 3 rings (SSSR count). The minimum absolute atomic E-state index is 0.0386. The number of halogens is 1. The first-order valence-corrected chi connectivity index (χ1v) is 10.3. The van der Waals surface area contributed by atoms with Crippen molar-refractivity contribution in [3.05, 3.63) is 35.5 Å². The van der Waals surface area contributed by atoms with Gasteiger partial charge in [-0.1, -0.05) is 0 Å². The van der Waals surface area contributed by atoms with Crippen LogP contribution in [0.25, 0.3) is 11.5 Å². The molecular formula is C22H30FN3O3. The van der Waals surface area contributed by atoms with E-state index in [2.05, 4.69) is 9.88 Å². The summed E-state index contributed by atoms with van der Waals surface area (Å²) in [6.45, 7) is 9.73. The highest BCUT2D eigenvalue weighted by molar-refractivity contribution is 5.79. The van der Waals surface area contributed by atoms with Crippen molar-refractivity contribution in [2.24, 2.45) is 5.92 Å². The van der Waals surface area contributed by atoms with Crippen LogP contribution < -0.4 is 4.74 Å². The molecule has 1 amide bonds. The third-order valence-corrected chi connectivity index (χ3v) is 5.59. The molecule has 158 valence electrons. The lowest BCUT2D eigenvalue weighted by Crippen LogP contribution is -2.44. The molecule has 1 aromatic carbocycles. The molecule has 7 heteroatoms. The zero-order valence-electron chi connectivity index (χ0n) is 17.7. The van der Waals surface area contributed by atoms with E-state index in [0.717, 1.165) is 50.5 Å². The number of hydrogen-bond donors (Lipinski definition) is 0. The van der Waals surface area contributed by atoms with Gasteiger partial charge in [0.05, 0.1) is 18.7 Å². The molecule has 0 saturated carbocycles. The van der Waals surface area contributed by atoms with E-state index in [-0.39, 0.29) is 17.6 Å². The second-order valence-electron chi connectivity index (χ2n) is 7.46. The molecule has 1 aromatic heterocycles. The molecule has 6 nitrogen and oxygen atoms in total. The average Bonchev–Trinajstić information content (AvgIpc) is 3.09. The fourth-order valence-electron chi connectivity index (χ4n) is 3.90. The molecule has 0 aliphatic carbocycles. The number of piperidine rings is 1. The van der Waals surface area contributed by atoms with Gasteiger partial charge in [-0.15, -0.1) is 0 Å². The lowest BCUT2D eigenvalue weighted by molar-refractivity contribution is -0.137. The first-order chi connectivity index (χ1) is 14.0. The van der Waals surface area contributed by atoms with Crippen LogP contribution in [0.3, 0.4) is 0 Å². The van der Waals surface area contributed by atoms with Crippen molar-refractivity contribution in [2.75, 3.05) is 33.3 Å². The van der Waals surface area contributed by atoms with E-state index < -0.39 is 5.82 Å². The summed E-state index contributed by atoms with van der Waals surface area (Å²) < 4.78 is 24.6. The Balaban J connectivity index is 1.71. The van der Waals surface area contributed by atoms with Gasteiger partial charge in [0.2, 0.25) is 11.8 Å². The number of methoxy groups -OCH3 is 1. The number of carbonyl (C=O) groups is 1. The largest absolute Gasteiger partial charge is 0.494 e. The smallest absolute Gasteiger partial charge is 0.226 e. The van der Waals surface area contributed by atoms with Crippen LogP contribution in [0, 0.1) is 18.7 Å². The van der Waals surface area contributed by atoms with E-state index in [4.69, 9.17) is 9.15 Å². The normalized spacial score (nSPS) is 17.3. The predicted octanol–water partition coefficient (Wildman–Crippen LogP) is 3.88. The van der Waals surface area contributed by atoms with Gasteiger partial charge in [-0.3, -0.25) is 9.69 Å². The summed E-state index contributed by atoms with van der Waals surface area (Å²) in [6, 6.07) is 4.57. The first kappa shape index (κ1) is 21.3. The molecule has 0 radical (unpaired) electrons. The molecule has 29 heavy (non-hydrogen) atoms. The fourth-order valence-corrected chi connectivity index (χ4v) is 3.90. The van der Waals surface area contributed by atoms with E-state index in [9.17, 15) is 9.18 Å². The highest BCUT2D eigenvalue weighted by Gasteiger charge is 2.29. The van der Waals surface area contributed by atoms with Crippen LogP contribution in [0.2, 0.25) is 0 Å². The van der Waals surface area contributed by atoms with Crippen LogP contribution in [0.5, 0.6) is 5.75 Å². The number of hydrogen-bond acceptors (Lipinski definition) is 5. The molecule has 0 unspecified atom stereocenters. The Morgan fingerprint density at radius 3 is 2.83 bits per heavy atom. The number of aryl methyl sites for hydroxylation is 1. The highest BCUT2D eigenvalue weighted by atomic mass is 19.1. The second kappa shape index (κ2) is 9.39. The van der Waals surface area contributed by atoms with Crippen molar-refractivity contribution in [3.63, 3.8) is 0 Å². The Kier molecular flexibility index (Phi) is 6.90. The van der Waals surface area contributed by atoms with Gasteiger partial charge in [0.15, 0.2) is 11.6 Å². The third kappa shape index (κ3) is 4.78. The monoisotopic (exact) mass is 403 g/mol. The summed E-state index contributed by atoms with van der Waals surface area (Å²) in [7, 11) is 1.43. The number of aromatic nitrogens is 1. The Hall–Kier alpha value is -2.41. The summed E-state index contributed by atoms with van der Waals surface area (Å²) in [6.07, 6.45) is 1.93. The van der Waals surface area contributed by atoms with Crippen molar-refractivity contribution in [2.45, 2.75) is 40.2 Å². The highest BCUT2D eigenvalue weighted by Crippen LogP contribution is 2.28. The van der Waals surface area contributed by atoms with Crippen molar-refractivity contribution >= 4 is 5.91 Å².